The van der Waals surface area contributed by atoms with Crippen molar-refractivity contribution >= 4 is 53.0 Å². The van der Waals surface area contributed by atoms with E-state index >= 15 is 0 Å². The molecule has 2 amide bonds. The zero-order chi connectivity index (χ0) is 33.1. The second-order valence-corrected chi connectivity index (χ2v) is 9.39. The second-order valence-electron chi connectivity index (χ2n) is 8.98. The highest BCUT2D eigenvalue weighted by Crippen LogP contribution is 2.36. The summed E-state index contributed by atoms with van der Waals surface area (Å²) in [5, 5.41) is 30.5. The van der Waals surface area contributed by atoms with Gasteiger partial charge in [-0.25, -0.2) is 9.97 Å². The zero-order valence-corrected chi connectivity index (χ0v) is 23.9. The highest BCUT2D eigenvalue weighted by molar-refractivity contribution is 6.34. The molecule has 20 heteroatoms. The lowest BCUT2D eigenvalue weighted by molar-refractivity contribution is -0.140. The molecular formula is C25H28ClF3N12O4. The molecule has 45 heavy (non-hydrogen) atoms. The molecule has 240 valence electrons. The van der Waals surface area contributed by atoms with Crippen LogP contribution in [0.25, 0.3) is 16.9 Å². The van der Waals surface area contributed by atoms with Crippen molar-refractivity contribution in [1.29, 1.82) is 5.41 Å². The van der Waals surface area contributed by atoms with Crippen molar-refractivity contribution in [2.75, 3.05) is 25.0 Å². The number of imidazole rings is 1. The minimum atomic E-state index is -4.65. The summed E-state index contributed by atoms with van der Waals surface area (Å²) >= 11 is 6.35. The Morgan fingerprint density at radius 2 is 1.91 bits per heavy atom. The van der Waals surface area contributed by atoms with Crippen LogP contribution in [-0.2, 0) is 15.8 Å². The van der Waals surface area contributed by atoms with Crippen LogP contribution in [0.2, 0.25) is 5.02 Å². The SMILES string of the molecule is N=C(N)NCC(N)C(=O)NCCCNC(=O)c1ccc(Nc2nccn3c(-c4c[nH]nc4C(F)(F)F)cnc23)cc1Cl.O=CO. The smallest absolute Gasteiger partial charge is 0.435 e. The molecule has 1 unspecified atom stereocenters. The number of aromatic amines is 1. The monoisotopic (exact) mass is 652 g/mol. The molecule has 0 aliphatic heterocycles. The van der Waals surface area contributed by atoms with E-state index < -0.39 is 29.7 Å². The number of guanidine groups is 1. The van der Waals surface area contributed by atoms with Gasteiger partial charge in [0.25, 0.3) is 12.4 Å². The second kappa shape index (κ2) is 15.3. The van der Waals surface area contributed by atoms with Crippen LogP contribution < -0.4 is 32.7 Å². The number of halogens is 4. The minimum absolute atomic E-state index is 0.0176. The molecule has 0 bridgehead atoms. The minimum Gasteiger partial charge on any atom is -0.483 e. The molecule has 0 aliphatic carbocycles. The predicted octanol–water partition coefficient (Wildman–Crippen LogP) is 1.28. The number of H-pyrrole nitrogens is 1. The van der Waals surface area contributed by atoms with Gasteiger partial charge in [0.05, 0.1) is 28.0 Å². The van der Waals surface area contributed by atoms with Gasteiger partial charge in [0.1, 0.15) is 6.04 Å². The third kappa shape index (κ3) is 9.03. The van der Waals surface area contributed by atoms with E-state index in [4.69, 9.17) is 38.4 Å². The topological polar surface area (TPSA) is 254 Å². The van der Waals surface area contributed by atoms with E-state index in [0.717, 1.165) is 6.20 Å². The maximum atomic E-state index is 13.4. The van der Waals surface area contributed by atoms with Gasteiger partial charge in [0.15, 0.2) is 23.1 Å². The van der Waals surface area contributed by atoms with Crippen LogP contribution in [0.15, 0.2) is 43.0 Å². The Bertz CT molecular complexity index is 1660. The fourth-order valence-electron chi connectivity index (χ4n) is 3.86. The van der Waals surface area contributed by atoms with Crippen LogP contribution >= 0.6 is 11.6 Å². The van der Waals surface area contributed by atoms with Gasteiger partial charge >= 0.3 is 6.18 Å². The van der Waals surface area contributed by atoms with Crippen molar-refractivity contribution in [3.63, 3.8) is 0 Å². The Hall–Kier alpha value is -5.43. The standard InChI is InChI=1S/C24H26ClF3N12O2.CH2O2/c25-15-8-12(2-3-13(15)21(41)33-4-1-5-34-22(42)16(29)10-36-23(30)31)38-19-20-35-11-17(40(20)7-6-32-19)14-9-37-39-18(14)24(26,27)28;2-1-3/h2-3,6-9,11,16H,1,4-5,10,29H2,(H,32,38)(H,33,41)(H,34,42)(H,37,39)(H4,30,31,36);1H,(H,2,3). The summed E-state index contributed by atoms with van der Waals surface area (Å²) in [5.74, 6) is -0.904. The van der Waals surface area contributed by atoms with E-state index in [1.165, 1.54) is 35.1 Å². The number of benzene rings is 1. The van der Waals surface area contributed by atoms with E-state index in [-0.39, 0.29) is 65.4 Å². The number of carbonyl (C=O) groups is 3. The predicted molar refractivity (Wildman–Crippen MR) is 157 cm³/mol. The number of amides is 2. The highest BCUT2D eigenvalue weighted by Gasteiger charge is 2.37. The number of carboxylic acid groups (broad SMARTS) is 1. The van der Waals surface area contributed by atoms with E-state index in [1.54, 1.807) is 6.07 Å². The van der Waals surface area contributed by atoms with Crippen molar-refractivity contribution in [1.82, 2.24) is 40.5 Å². The van der Waals surface area contributed by atoms with Crippen LogP contribution in [0.4, 0.5) is 24.7 Å². The Kier molecular flexibility index (Phi) is 11.6. The van der Waals surface area contributed by atoms with Crippen LogP contribution in [-0.4, -0.2) is 79.6 Å². The lowest BCUT2D eigenvalue weighted by atomic mass is 10.2. The fraction of sp³-hybridized carbons (Fsp3) is 0.240. The third-order valence-electron chi connectivity index (χ3n) is 5.88. The van der Waals surface area contributed by atoms with Crippen molar-refractivity contribution in [3.8, 4) is 11.3 Å². The van der Waals surface area contributed by atoms with Crippen LogP contribution in [0.3, 0.4) is 0 Å². The molecule has 0 spiro atoms. The third-order valence-corrected chi connectivity index (χ3v) is 6.19. The molecule has 1 atom stereocenters. The van der Waals surface area contributed by atoms with Gasteiger partial charge < -0.3 is 37.8 Å². The van der Waals surface area contributed by atoms with Gasteiger partial charge in [-0.05, 0) is 24.6 Å². The summed E-state index contributed by atoms with van der Waals surface area (Å²) in [6.07, 6.45) is 1.07. The normalized spacial score (nSPS) is 11.6. The molecule has 0 radical (unpaired) electrons. The number of nitrogens with two attached hydrogens (primary N) is 2. The maximum Gasteiger partial charge on any atom is 0.435 e. The molecular weight excluding hydrogens is 625 g/mol. The van der Waals surface area contributed by atoms with Gasteiger partial charge in [0, 0.05) is 43.9 Å². The quantitative estimate of drug-likeness (QED) is 0.0483. The summed E-state index contributed by atoms with van der Waals surface area (Å²) in [6, 6.07) is 3.71. The first kappa shape index (κ1) is 34.1. The average Bonchev–Trinajstić information content (AvgIpc) is 3.64. The number of nitrogens with zero attached hydrogens (tertiary/aromatic N) is 4. The number of hydrogen-bond acceptors (Lipinski definition) is 9. The Morgan fingerprint density at radius 1 is 1.20 bits per heavy atom. The summed E-state index contributed by atoms with van der Waals surface area (Å²) < 4.78 is 41.5. The molecule has 16 nitrogen and oxygen atoms in total. The number of anilines is 2. The molecule has 1 aromatic carbocycles. The highest BCUT2D eigenvalue weighted by atomic mass is 35.5. The van der Waals surface area contributed by atoms with Gasteiger partial charge in [-0.2, -0.15) is 18.3 Å². The molecule has 4 aromatic rings. The number of rotatable bonds is 11. The summed E-state index contributed by atoms with van der Waals surface area (Å²) in [6.45, 7) is 0.274. The van der Waals surface area contributed by atoms with Crippen molar-refractivity contribution in [2.45, 2.75) is 18.6 Å². The van der Waals surface area contributed by atoms with E-state index in [2.05, 4.69) is 41.4 Å². The van der Waals surface area contributed by atoms with Gasteiger partial charge in [0.2, 0.25) is 5.91 Å². The Morgan fingerprint density at radius 3 is 2.58 bits per heavy atom. The van der Waals surface area contributed by atoms with Crippen LogP contribution in [0.5, 0.6) is 0 Å². The fourth-order valence-corrected chi connectivity index (χ4v) is 4.13. The Labute approximate surface area is 257 Å². The molecule has 4 rings (SSSR count). The number of carbonyl (C=O) groups excluding carboxylic acids is 2. The van der Waals surface area contributed by atoms with Crippen LogP contribution in [0, 0.1) is 5.41 Å². The molecule has 0 saturated heterocycles. The number of fused-ring (bicyclic) bond motifs is 1. The molecule has 3 heterocycles. The molecule has 0 saturated carbocycles. The molecule has 3 aromatic heterocycles. The molecule has 0 aliphatic rings. The molecule has 11 N–H and O–H groups in total. The molecule has 0 fully saturated rings. The number of nitrogens with one attached hydrogen (secondary N) is 6. The van der Waals surface area contributed by atoms with E-state index in [9.17, 15) is 22.8 Å². The van der Waals surface area contributed by atoms with Crippen molar-refractivity contribution in [3.05, 3.63) is 59.3 Å². The lowest BCUT2D eigenvalue weighted by Crippen LogP contribution is -2.49. The summed E-state index contributed by atoms with van der Waals surface area (Å²) in [4.78, 5) is 41.3. The first-order valence-electron chi connectivity index (χ1n) is 12.8. The first-order valence-corrected chi connectivity index (χ1v) is 13.2. The van der Waals surface area contributed by atoms with Gasteiger partial charge in [-0.3, -0.25) is 29.3 Å². The maximum absolute atomic E-state index is 13.4. The van der Waals surface area contributed by atoms with Crippen molar-refractivity contribution in [2.24, 2.45) is 11.5 Å². The largest absolute Gasteiger partial charge is 0.483 e. The van der Waals surface area contributed by atoms with Crippen LogP contribution in [0.1, 0.15) is 22.5 Å². The summed E-state index contributed by atoms with van der Waals surface area (Å²) in [7, 11) is 0. The number of alkyl halides is 3. The van der Waals surface area contributed by atoms with E-state index in [0.29, 0.717) is 12.1 Å². The average molecular weight is 653 g/mol. The Balaban J connectivity index is 0.00000177. The summed E-state index contributed by atoms with van der Waals surface area (Å²) in [5.41, 5.74) is 10.7. The van der Waals surface area contributed by atoms with Gasteiger partial charge in [-0.1, -0.05) is 11.6 Å². The van der Waals surface area contributed by atoms with Gasteiger partial charge in [-0.15, -0.1) is 0 Å². The lowest BCUT2D eigenvalue weighted by Gasteiger charge is -2.13. The number of aromatic nitrogens is 5. The van der Waals surface area contributed by atoms with Crippen molar-refractivity contribution < 1.29 is 32.7 Å². The zero-order valence-electron chi connectivity index (χ0n) is 23.2. The number of hydrogen-bond donors (Lipinski definition) is 9. The first-order chi connectivity index (χ1) is 21.4. The van der Waals surface area contributed by atoms with E-state index in [1.807, 2.05) is 0 Å².